The highest BCUT2D eigenvalue weighted by molar-refractivity contribution is 6.16. The van der Waals surface area contributed by atoms with Crippen molar-refractivity contribution in [3.63, 3.8) is 0 Å². The van der Waals surface area contributed by atoms with Gasteiger partial charge in [0.15, 0.2) is 0 Å². The minimum Gasteiger partial charge on any atom is -0.322 e. The van der Waals surface area contributed by atoms with Crippen molar-refractivity contribution in [3.05, 3.63) is 66.0 Å². The van der Waals surface area contributed by atoms with Gasteiger partial charge in [-0.1, -0.05) is 42.5 Å². The van der Waals surface area contributed by atoms with E-state index >= 15 is 0 Å². The summed E-state index contributed by atoms with van der Waals surface area (Å²) in [6, 6.07) is 18.5. The van der Waals surface area contributed by atoms with Gasteiger partial charge in [-0.2, -0.15) is 0 Å². The third-order valence-electron chi connectivity index (χ3n) is 3.04. The zero-order valence-electron chi connectivity index (χ0n) is 10.3. The van der Waals surface area contributed by atoms with Crippen LogP contribution >= 0.6 is 24.0 Å². The highest BCUT2D eigenvalue weighted by Gasteiger charge is 2.09. The third kappa shape index (κ3) is 2.75. The molecule has 2 nitrogen and oxygen atoms in total. The van der Waals surface area contributed by atoms with Crippen molar-refractivity contribution in [2.45, 2.75) is 12.4 Å². The lowest BCUT2D eigenvalue weighted by atomic mass is 10.2. The Bertz CT molecular complexity index is 662. The highest BCUT2D eigenvalue weighted by atomic mass is 35.5. The highest BCUT2D eigenvalue weighted by Crippen LogP contribution is 2.18. The van der Waals surface area contributed by atoms with E-state index in [2.05, 4.69) is 39.9 Å². The summed E-state index contributed by atoms with van der Waals surface area (Å²) in [6.45, 7) is 0.809. The summed E-state index contributed by atoms with van der Waals surface area (Å²) in [5.41, 5.74) is 3.40. The maximum atomic E-state index is 5.99. The number of fused-ring (bicyclic) bond motifs is 1. The van der Waals surface area contributed by atoms with Crippen LogP contribution in [0.3, 0.4) is 0 Å². The first-order valence-corrected chi connectivity index (χ1v) is 6.46. The van der Waals surface area contributed by atoms with Gasteiger partial charge in [-0.3, -0.25) is 0 Å². The zero-order chi connectivity index (χ0) is 12.4. The SMILES string of the molecule is Cl.ClCc1nc2ccccc2n1Cc1ccccc1. The van der Waals surface area contributed by atoms with Gasteiger partial charge < -0.3 is 4.57 Å². The minimum absolute atomic E-state index is 0. The Morgan fingerprint density at radius 2 is 1.63 bits per heavy atom. The molecule has 0 N–H and O–H groups in total. The molecule has 3 rings (SSSR count). The predicted molar refractivity (Wildman–Crippen MR) is 82.1 cm³/mol. The molecule has 0 bridgehead atoms. The Balaban J connectivity index is 0.00000133. The second-order valence-electron chi connectivity index (χ2n) is 4.22. The predicted octanol–water partition coefficient (Wildman–Crippen LogP) is 4.25. The molecule has 0 radical (unpaired) electrons. The van der Waals surface area contributed by atoms with Crippen molar-refractivity contribution in [3.8, 4) is 0 Å². The lowest BCUT2D eigenvalue weighted by Gasteiger charge is -2.07. The van der Waals surface area contributed by atoms with Gasteiger partial charge >= 0.3 is 0 Å². The molecular formula is C15H14Cl2N2. The molecule has 19 heavy (non-hydrogen) atoms. The average molecular weight is 293 g/mol. The summed E-state index contributed by atoms with van der Waals surface area (Å²) in [5, 5.41) is 0. The molecule has 0 unspecified atom stereocenters. The number of para-hydroxylation sites is 2. The number of imidazole rings is 1. The molecule has 3 aromatic rings. The molecule has 0 amide bonds. The fraction of sp³-hybridized carbons (Fsp3) is 0.133. The summed E-state index contributed by atoms with van der Waals surface area (Å²) in [4.78, 5) is 4.56. The summed E-state index contributed by atoms with van der Waals surface area (Å²) in [7, 11) is 0. The topological polar surface area (TPSA) is 17.8 Å². The third-order valence-corrected chi connectivity index (χ3v) is 3.28. The Labute approximate surface area is 123 Å². The number of nitrogens with zero attached hydrogens (tertiary/aromatic N) is 2. The fourth-order valence-electron chi connectivity index (χ4n) is 2.17. The van der Waals surface area contributed by atoms with E-state index in [1.54, 1.807) is 0 Å². The minimum atomic E-state index is 0. The van der Waals surface area contributed by atoms with Gasteiger partial charge in [-0.15, -0.1) is 24.0 Å². The van der Waals surface area contributed by atoms with Crippen LogP contribution in [-0.2, 0) is 12.4 Å². The molecule has 1 heterocycles. The molecule has 0 aliphatic rings. The molecule has 0 spiro atoms. The van der Waals surface area contributed by atoms with Crippen LogP contribution in [0.25, 0.3) is 11.0 Å². The summed E-state index contributed by atoms with van der Waals surface area (Å²) in [6.07, 6.45) is 0. The molecule has 0 aliphatic carbocycles. The van der Waals surface area contributed by atoms with Gasteiger partial charge in [0.1, 0.15) is 5.82 Å². The number of aromatic nitrogens is 2. The first kappa shape index (κ1) is 13.9. The second-order valence-corrected chi connectivity index (χ2v) is 4.49. The molecule has 1 aromatic heterocycles. The van der Waals surface area contributed by atoms with Crippen LogP contribution < -0.4 is 0 Å². The van der Waals surface area contributed by atoms with Gasteiger partial charge in [0.05, 0.1) is 16.9 Å². The Kier molecular flexibility index (Phi) is 4.46. The maximum absolute atomic E-state index is 5.99. The van der Waals surface area contributed by atoms with Crippen LogP contribution in [0.4, 0.5) is 0 Å². The van der Waals surface area contributed by atoms with Crippen molar-refractivity contribution in [1.82, 2.24) is 9.55 Å². The number of alkyl halides is 1. The van der Waals surface area contributed by atoms with E-state index in [9.17, 15) is 0 Å². The van der Waals surface area contributed by atoms with Crippen molar-refractivity contribution in [1.29, 1.82) is 0 Å². The standard InChI is InChI=1S/C15H13ClN2.ClH/c16-10-15-17-13-8-4-5-9-14(13)18(15)11-12-6-2-1-3-7-12;/h1-9H,10-11H2;1H. The monoisotopic (exact) mass is 292 g/mol. The average Bonchev–Trinajstić information content (AvgIpc) is 2.78. The molecule has 0 fully saturated rings. The van der Waals surface area contributed by atoms with Gasteiger partial charge in [-0.25, -0.2) is 4.98 Å². The van der Waals surface area contributed by atoms with Gasteiger partial charge in [0.2, 0.25) is 0 Å². The van der Waals surface area contributed by atoms with E-state index < -0.39 is 0 Å². The van der Waals surface area contributed by atoms with E-state index in [1.165, 1.54) is 5.56 Å². The van der Waals surface area contributed by atoms with Crippen molar-refractivity contribution in [2.24, 2.45) is 0 Å². The quantitative estimate of drug-likeness (QED) is 0.660. The molecule has 98 valence electrons. The lowest BCUT2D eigenvalue weighted by Crippen LogP contribution is -2.03. The van der Waals surface area contributed by atoms with E-state index in [4.69, 9.17) is 11.6 Å². The van der Waals surface area contributed by atoms with Gasteiger partial charge in [0, 0.05) is 6.54 Å². The first-order chi connectivity index (χ1) is 8.88. The van der Waals surface area contributed by atoms with E-state index in [-0.39, 0.29) is 12.4 Å². The molecule has 0 saturated heterocycles. The Morgan fingerprint density at radius 3 is 2.37 bits per heavy atom. The lowest BCUT2D eigenvalue weighted by molar-refractivity contribution is 0.779. The van der Waals surface area contributed by atoms with Crippen LogP contribution in [0, 0.1) is 0 Å². The van der Waals surface area contributed by atoms with Crippen LogP contribution in [0.2, 0.25) is 0 Å². The molecule has 0 saturated carbocycles. The molecule has 2 aromatic carbocycles. The maximum Gasteiger partial charge on any atom is 0.125 e. The number of hydrogen-bond donors (Lipinski definition) is 0. The summed E-state index contributed by atoms with van der Waals surface area (Å²) in [5.74, 6) is 1.35. The largest absolute Gasteiger partial charge is 0.322 e. The number of halogens is 2. The van der Waals surface area contributed by atoms with Crippen LogP contribution in [0.1, 0.15) is 11.4 Å². The summed E-state index contributed by atoms with van der Waals surface area (Å²) >= 11 is 5.99. The zero-order valence-corrected chi connectivity index (χ0v) is 11.9. The van der Waals surface area contributed by atoms with E-state index in [1.807, 2.05) is 24.3 Å². The van der Waals surface area contributed by atoms with Crippen molar-refractivity contribution >= 4 is 35.0 Å². The fourth-order valence-corrected chi connectivity index (χ4v) is 2.37. The molecule has 4 heteroatoms. The first-order valence-electron chi connectivity index (χ1n) is 5.92. The second kappa shape index (κ2) is 6.09. The van der Waals surface area contributed by atoms with Crippen LogP contribution in [0.5, 0.6) is 0 Å². The van der Waals surface area contributed by atoms with Gasteiger partial charge in [0.25, 0.3) is 0 Å². The van der Waals surface area contributed by atoms with Crippen LogP contribution in [0.15, 0.2) is 54.6 Å². The van der Waals surface area contributed by atoms with Gasteiger partial charge in [-0.05, 0) is 17.7 Å². The smallest absolute Gasteiger partial charge is 0.125 e. The van der Waals surface area contributed by atoms with E-state index in [0.717, 1.165) is 23.4 Å². The summed E-state index contributed by atoms with van der Waals surface area (Å²) < 4.78 is 2.18. The normalized spacial score (nSPS) is 10.4. The van der Waals surface area contributed by atoms with E-state index in [0.29, 0.717) is 5.88 Å². The molecular weight excluding hydrogens is 279 g/mol. The van der Waals surface area contributed by atoms with Crippen molar-refractivity contribution < 1.29 is 0 Å². The molecule has 0 aliphatic heterocycles. The Morgan fingerprint density at radius 1 is 0.947 bits per heavy atom. The Hall–Kier alpha value is -1.51. The number of hydrogen-bond acceptors (Lipinski definition) is 1. The molecule has 0 atom stereocenters. The van der Waals surface area contributed by atoms with Crippen LogP contribution in [-0.4, -0.2) is 9.55 Å². The van der Waals surface area contributed by atoms with Crippen molar-refractivity contribution in [2.75, 3.05) is 0 Å². The number of rotatable bonds is 3. The number of benzene rings is 2.